The summed E-state index contributed by atoms with van der Waals surface area (Å²) in [5.41, 5.74) is 5.55. The van der Waals surface area contributed by atoms with E-state index < -0.39 is 0 Å². The van der Waals surface area contributed by atoms with Crippen LogP contribution in [0.2, 0.25) is 0 Å². The zero-order chi connectivity index (χ0) is 10.6. The van der Waals surface area contributed by atoms with Crippen molar-refractivity contribution in [2.24, 2.45) is 5.73 Å². The molecule has 0 spiro atoms. The van der Waals surface area contributed by atoms with E-state index in [2.05, 4.69) is 18.7 Å². The van der Waals surface area contributed by atoms with E-state index in [0.29, 0.717) is 23.7 Å². The van der Waals surface area contributed by atoms with Gasteiger partial charge in [-0.1, -0.05) is 12.2 Å². The fourth-order valence-electron chi connectivity index (χ4n) is 1.71. The highest BCUT2D eigenvalue weighted by Crippen LogP contribution is 2.14. The molecule has 1 heterocycles. The zero-order valence-electron chi connectivity index (χ0n) is 9.03. The van der Waals surface area contributed by atoms with Gasteiger partial charge in [-0.15, -0.1) is 0 Å². The average Bonchev–Trinajstić information content (AvgIpc) is 2.54. The highest BCUT2D eigenvalue weighted by atomic mass is 32.1. The van der Waals surface area contributed by atoms with Crippen LogP contribution < -0.4 is 5.73 Å². The lowest BCUT2D eigenvalue weighted by Gasteiger charge is -2.28. The van der Waals surface area contributed by atoms with Crippen molar-refractivity contribution in [2.75, 3.05) is 19.7 Å². The third kappa shape index (κ3) is 3.90. The van der Waals surface area contributed by atoms with Crippen molar-refractivity contribution < 1.29 is 4.74 Å². The van der Waals surface area contributed by atoms with Crippen molar-refractivity contribution >= 4 is 17.2 Å². The number of rotatable bonds is 5. The van der Waals surface area contributed by atoms with Crippen LogP contribution in [-0.4, -0.2) is 41.7 Å². The van der Waals surface area contributed by atoms with Crippen LogP contribution in [0.1, 0.15) is 26.7 Å². The number of thiocarbonyl (C=S) groups is 1. The largest absolute Gasteiger partial charge is 0.392 e. The van der Waals surface area contributed by atoms with Gasteiger partial charge in [0.25, 0.3) is 0 Å². The second kappa shape index (κ2) is 5.63. The Labute approximate surface area is 91.6 Å². The zero-order valence-corrected chi connectivity index (χ0v) is 9.85. The lowest BCUT2D eigenvalue weighted by molar-refractivity contribution is 0.0689. The van der Waals surface area contributed by atoms with Crippen LogP contribution in [0.3, 0.4) is 0 Å². The lowest BCUT2D eigenvalue weighted by atomic mass is 10.2. The normalized spacial score (nSPS) is 22.1. The molecule has 14 heavy (non-hydrogen) atoms. The third-order valence-corrected chi connectivity index (χ3v) is 2.68. The van der Waals surface area contributed by atoms with E-state index in [1.165, 1.54) is 12.8 Å². The van der Waals surface area contributed by atoms with Crippen molar-refractivity contribution in [1.29, 1.82) is 0 Å². The number of hydrogen-bond donors (Lipinski definition) is 1. The molecule has 3 nitrogen and oxygen atoms in total. The Morgan fingerprint density at radius 3 is 2.79 bits per heavy atom. The Morgan fingerprint density at radius 2 is 2.36 bits per heavy atom. The Balaban J connectivity index is 2.37. The molecule has 4 heteroatoms. The molecule has 82 valence electrons. The van der Waals surface area contributed by atoms with E-state index in [1.54, 1.807) is 0 Å². The van der Waals surface area contributed by atoms with Gasteiger partial charge in [0.1, 0.15) is 0 Å². The maximum absolute atomic E-state index is 5.59. The van der Waals surface area contributed by atoms with Crippen molar-refractivity contribution in [3.8, 4) is 0 Å². The summed E-state index contributed by atoms with van der Waals surface area (Å²) in [6.45, 7) is 6.88. The van der Waals surface area contributed by atoms with Gasteiger partial charge in [0.05, 0.1) is 11.1 Å². The first-order chi connectivity index (χ1) is 6.59. The molecule has 0 aromatic carbocycles. The molecule has 0 saturated carbocycles. The molecule has 1 aliphatic heterocycles. The molecular formula is C10H20N2OS. The van der Waals surface area contributed by atoms with Crippen molar-refractivity contribution in [3.05, 3.63) is 0 Å². The van der Waals surface area contributed by atoms with Crippen LogP contribution in [0.25, 0.3) is 0 Å². The van der Waals surface area contributed by atoms with Gasteiger partial charge in [-0.2, -0.15) is 0 Å². The summed E-state index contributed by atoms with van der Waals surface area (Å²) in [7, 11) is 0. The van der Waals surface area contributed by atoms with E-state index >= 15 is 0 Å². The Morgan fingerprint density at radius 1 is 1.64 bits per heavy atom. The van der Waals surface area contributed by atoms with Gasteiger partial charge in [-0.25, -0.2) is 0 Å². The first kappa shape index (κ1) is 11.9. The summed E-state index contributed by atoms with van der Waals surface area (Å²) in [5.74, 6) is 0. The SMILES string of the molecule is CC(C)N(CC(N)=S)CC1CCCO1. The second-order valence-electron chi connectivity index (χ2n) is 4.12. The molecule has 0 radical (unpaired) electrons. The quantitative estimate of drug-likeness (QED) is 0.700. The van der Waals surface area contributed by atoms with Gasteiger partial charge < -0.3 is 10.5 Å². The van der Waals surface area contributed by atoms with Crippen LogP contribution in [0.4, 0.5) is 0 Å². The molecule has 0 aromatic heterocycles. The summed E-state index contributed by atoms with van der Waals surface area (Å²) in [5, 5.41) is 0. The fraction of sp³-hybridized carbons (Fsp3) is 0.900. The van der Waals surface area contributed by atoms with Crippen LogP contribution in [-0.2, 0) is 4.74 Å². The van der Waals surface area contributed by atoms with Crippen molar-refractivity contribution in [1.82, 2.24) is 4.90 Å². The molecule has 0 amide bonds. The summed E-state index contributed by atoms with van der Waals surface area (Å²) < 4.78 is 5.59. The van der Waals surface area contributed by atoms with Gasteiger partial charge in [-0.3, -0.25) is 4.90 Å². The van der Waals surface area contributed by atoms with Crippen LogP contribution in [0.15, 0.2) is 0 Å². The van der Waals surface area contributed by atoms with E-state index in [0.717, 1.165) is 13.2 Å². The van der Waals surface area contributed by atoms with E-state index in [9.17, 15) is 0 Å². The van der Waals surface area contributed by atoms with Crippen molar-refractivity contribution in [3.63, 3.8) is 0 Å². The molecule has 1 unspecified atom stereocenters. The summed E-state index contributed by atoms with van der Waals surface area (Å²) in [6, 6.07) is 0.473. The average molecular weight is 216 g/mol. The lowest BCUT2D eigenvalue weighted by Crippen LogP contribution is -2.42. The van der Waals surface area contributed by atoms with Crippen LogP contribution >= 0.6 is 12.2 Å². The molecule has 0 aromatic rings. The molecular weight excluding hydrogens is 196 g/mol. The molecule has 1 atom stereocenters. The first-order valence-corrected chi connectivity index (χ1v) is 5.64. The van der Waals surface area contributed by atoms with Gasteiger partial charge in [-0.05, 0) is 26.7 Å². The van der Waals surface area contributed by atoms with Gasteiger partial charge in [0.2, 0.25) is 0 Å². The molecule has 0 bridgehead atoms. The van der Waals surface area contributed by atoms with Gasteiger partial charge in [0.15, 0.2) is 0 Å². The minimum absolute atomic E-state index is 0.381. The first-order valence-electron chi connectivity index (χ1n) is 5.23. The molecule has 1 fully saturated rings. The topological polar surface area (TPSA) is 38.5 Å². The Bertz CT molecular complexity index is 191. The van der Waals surface area contributed by atoms with Gasteiger partial charge in [0, 0.05) is 25.7 Å². The number of nitrogens with zero attached hydrogens (tertiary/aromatic N) is 1. The number of ether oxygens (including phenoxy) is 1. The maximum Gasteiger partial charge on any atom is 0.0870 e. The fourth-order valence-corrected chi connectivity index (χ4v) is 1.87. The monoisotopic (exact) mass is 216 g/mol. The smallest absolute Gasteiger partial charge is 0.0870 e. The molecule has 0 aliphatic carbocycles. The summed E-state index contributed by atoms with van der Waals surface area (Å²) >= 11 is 4.93. The maximum atomic E-state index is 5.59. The minimum atomic E-state index is 0.381. The summed E-state index contributed by atoms with van der Waals surface area (Å²) in [4.78, 5) is 2.84. The highest BCUT2D eigenvalue weighted by Gasteiger charge is 2.20. The predicted octanol–water partition coefficient (Wildman–Crippen LogP) is 1.16. The molecule has 1 saturated heterocycles. The van der Waals surface area contributed by atoms with Crippen LogP contribution in [0.5, 0.6) is 0 Å². The van der Waals surface area contributed by atoms with E-state index in [4.69, 9.17) is 22.7 Å². The molecule has 1 rings (SSSR count). The standard InChI is InChI=1S/C10H20N2OS/c1-8(2)12(7-10(11)14)6-9-4-3-5-13-9/h8-9H,3-7H2,1-2H3,(H2,11,14). The predicted molar refractivity (Wildman–Crippen MR) is 62.5 cm³/mol. The Kier molecular flexibility index (Phi) is 4.78. The van der Waals surface area contributed by atoms with E-state index in [-0.39, 0.29) is 0 Å². The second-order valence-corrected chi connectivity index (χ2v) is 4.65. The van der Waals surface area contributed by atoms with Crippen molar-refractivity contribution in [2.45, 2.75) is 38.8 Å². The number of hydrogen-bond acceptors (Lipinski definition) is 3. The minimum Gasteiger partial charge on any atom is -0.392 e. The van der Waals surface area contributed by atoms with Crippen LogP contribution in [0, 0.1) is 0 Å². The third-order valence-electron chi connectivity index (χ3n) is 2.55. The molecule has 2 N–H and O–H groups in total. The number of nitrogens with two attached hydrogens (primary N) is 1. The molecule has 1 aliphatic rings. The Hall–Kier alpha value is -0.190. The summed E-state index contributed by atoms with van der Waals surface area (Å²) in [6.07, 6.45) is 2.73. The van der Waals surface area contributed by atoms with E-state index in [1.807, 2.05) is 0 Å². The highest BCUT2D eigenvalue weighted by molar-refractivity contribution is 7.80. The van der Waals surface area contributed by atoms with Gasteiger partial charge >= 0.3 is 0 Å².